The number of benzene rings is 1. The summed E-state index contributed by atoms with van der Waals surface area (Å²) in [6.45, 7) is 4.72. The lowest BCUT2D eigenvalue weighted by atomic mass is 9.88. The summed E-state index contributed by atoms with van der Waals surface area (Å²) in [6.07, 6.45) is 2.70. The summed E-state index contributed by atoms with van der Waals surface area (Å²) in [5, 5.41) is 10.1. The van der Waals surface area contributed by atoms with Crippen LogP contribution in [0.2, 0.25) is 0 Å². The molecule has 0 aliphatic rings. The van der Waals surface area contributed by atoms with Gasteiger partial charge in [0.15, 0.2) is 0 Å². The molecule has 2 unspecified atom stereocenters. The first-order valence-corrected chi connectivity index (χ1v) is 6.14. The summed E-state index contributed by atoms with van der Waals surface area (Å²) in [7, 11) is 0. The highest BCUT2D eigenvalue weighted by Gasteiger charge is 2.20. The SMILES string of the molecule is CCCCC(O)C(CN)c1ccccc1C. The van der Waals surface area contributed by atoms with E-state index in [2.05, 4.69) is 26.0 Å². The minimum atomic E-state index is -0.314. The lowest BCUT2D eigenvalue weighted by Gasteiger charge is -2.23. The molecular weight excluding hydrogens is 198 g/mol. The van der Waals surface area contributed by atoms with E-state index in [1.165, 1.54) is 11.1 Å². The number of aryl methyl sites for hydroxylation is 1. The van der Waals surface area contributed by atoms with E-state index in [4.69, 9.17) is 5.73 Å². The number of aliphatic hydroxyl groups excluding tert-OH is 1. The smallest absolute Gasteiger partial charge is 0.0621 e. The van der Waals surface area contributed by atoms with Crippen LogP contribution in [0, 0.1) is 6.92 Å². The molecule has 0 saturated heterocycles. The molecule has 0 fully saturated rings. The van der Waals surface area contributed by atoms with Crippen molar-refractivity contribution in [1.82, 2.24) is 0 Å². The van der Waals surface area contributed by atoms with Gasteiger partial charge in [-0.25, -0.2) is 0 Å². The highest BCUT2D eigenvalue weighted by atomic mass is 16.3. The molecule has 1 aromatic rings. The molecular formula is C14H23NO. The van der Waals surface area contributed by atoms with E-state index in [1.807, 2.05) is 12.1 Å². The van der Waals surface area contributed by atoms with Crippen molar-refractivity contribution in [3.63, 3.8) is 0 Å². The van der Waals surface area contributed by atoms with E-state index in [0.29, 0.717) is 6.54 Å². The second-order valence-corrected chi connectivity index (χ2v) is 4.41. The summed E-state index contributed by atoms with van der Waals surface area (Å²) in [6, 6.07) is 8.18. The van der Waals surface area contributed by atoms with Crippen LogP contribution in [0.5, 0.6) is 0 Å². The number of hydrogen-bond acceptors (Lipinski definition) is 2. The average Bonchev–Trinajstić information content (AvgIpc) is 2.30. The molecule has 2 heteroatoms. The van der Waals surface area contributed by atoms with Crippen LogP contribution in [0.4, 0.5) is 0 Å². The lowest BCUT2D eigenvalue weighted by molar-refractivity contribution is 0.133. The maximum Gasteiger partial charge on any atom is 0.0621 e. The van der Waals surface area contributed by atoms with Gasteiger partial charge in [0.2, 0.25) is 0 Å². The molecule has 16 heavy (non-hydrogen) atoms. The molecule has 0 amide bonds. The van der Waals surface area contributed by atoms with Crippen LogP contribution in [0.25, 0.3) is 0 Å². The van der Waals surface area contributed by atoms with Gasteiger partial charge in [0, 0.05) is 12.5 Å². The van der Waals surface area contributed by atoms with Crippen LogP contribution >= 0.6 is 0 Å². The minimum absolute atomic E-state index is 0.0766. The first-order chi connectivity index (χ1) is 7.70. The fraction of sp³-hybridized carbons (Fsp3) is 0.571. The standard InChI is InChI=1S/C14H23NO/c1-3-4-9-14(16)13(10-15)12-8-6-5-7-11(12)2/h5-8,13-14,16H,3-4,9-10,15H2,1-2H3. The van der Waals surface area contributed by atoms with E-state index in [9.17, 15) is 5.11 Å². The Bertz CT molecular complexity index is 311. The molecule has 0 aliphatic heterocycles. The number of rotatable bonds is 6. The number of aliphatic hydroxyl groups is 1. The Morgan fingerprint density at radius 3 is 2.56 bits per heavy atom. The van der Waals surface area contributed by atoms with Crippen molar-refractivity contribution in [2.45, 2.75) is 45.1 Å². The van der Waals surface area contributed by atoms with Crippen molar-refractivity contribution in [3.8, 4) is 0 Å². The van der Waals surface area contributed by atoms with Crippen molar-refractivity contribution < 1.29 is 5.11 Å². The third-order valence-corrected chi connectivity index (χ3v) is 3.16. The second kappa shape index (κ2) is 6.66. The lowest BCUT2D eigenvalue weighted by Crippen LogP contribution is -2.26. The molecule has 0 aliphatic carbocycles. The van der Waals surface area contributed by atoms with E-state index in [1.54, 1.807) is 0 Å². The molecule has 2 atom stereocenters. The molecule has 90 valence electrons. The summed E-state index contributed by atoms with van der Waals surface area (Å²) < 4.78 is 0. The van der Waals surface area contributed by atoms with Crippen LogP contribution in [0.1, 0.15) is 43.2 Å². The van der Waals surface area contributed by atoms with Crippen molar-refractivity contribution in [1.29, 1.82) is 0 Å². The topological polar surface area (TPSA) is 46.2 Å². The van der Waals surface area contributed by atoms with E-state index < -0.39 is 0 Å². The van der Waals surface area contributed by atoms with Crippen LogP contribution in [0.3, 0.4) is 0 Å². The molecule has 2 nitrogen and oxygen atoms in total. The van der Waals surface area contributed by atoms with Gasteiger partial charge in [0.1, 0.15) is 0 Å². The maximum atomic E-state index is 10.1. The number of unbranched alkanes of at least 4 members (excludes halogenated alkanes) is 1. The first kappa shape index (κ1) is 13.2. The van der Waals surface area contributed by atoms with Gasteiger partial charge < -0.3 is 10.8 Å². The fourth-order valence-electron chi connectivity index (χ4n) is 2.11. The molecule has 0 spiro atoms. The number of nitrogens with two attached hydrogens (primary N) is 1. The molecule has 3 N–H and O–H groups in total. The molecule has 0 aromatic heterocycles. The van der Waals surface area contributed by atoms with Gasteiger partial charge in [-0.3, -0.25) is 0 Å². The summed E-state index contributed by atoms with van der Waals surface area (Å²) in [5.74, 6) is 0.0766. The minimum Gasteiger partial charge on any atom is -0.392 e. The maximum absolute atomic E-state index is 10.1. The van der Waals surface area contributed by atoms with Crippen LogP contribution in [0.15, 0.2) is 24.3 Å². The van der Waals surface area contributed by atoms with Gasteiger partial charge in [-0.2, -0.15) is 0 Å². The van der Waals surface area contributed by atoms with E-state index in [0.717, 1.165) is 19.3 Å². The normalized spacial score (nSPS) is 14.8. The van der Waals surface area contributed by atoms with Crippen LogP contribution in [-0.4, -0.2) is 17.8 Å². The van der Waals surface area contributed by atoms with Crippen LogP contribution in [-0.2, 0) is 0 Å². The molecule has 0 heterocycles. The average molecular weight is 221 g/mol. The Morgan fingerprint density at radius 1 is 1.31 bits per heavy atom. The Morgan fingerprint density at radius 2 is 2.00 bits per heavy atom. The van der Waals surface area contributed by atoms with E-state index in [-0.39, 0.29) is 12.0 Å². The monoisotopic (exact) mass is 221 g/mol. The van der Waals surface area contributed by atoms with Gasteiger partial charge in [0.05, 0.1) is 6.10 Å². The van der Waals surface area contributed by atoms with Gasteiger partial charge in [-0.05, 0) is 24.5 Å². The Hall–Kier alpha value is -0.860. The van der Waals surface area contributed by atoms with Gasteiger partial charge in [-0.1, -0.05) is 44.0 Å². The van der Waals surface area contributed by atoms with E-state index >= 15 is 0 Å². The Balaban J connectivity index is 2.77. The Labute approximate surface area is 98.5 Å². The van der Waals surface area contributed by atoms with Gasteiger partial charge >= 0.3 is 0 Å². The highest BCUT2D eigenvalue weighted by molar-refractivity contribution is 5.30. The predicted molar refractivity (Wildman–Crippen MR) is 68.5 cm³/mol. The second-order valence-electron chi connectivity index (χ2n) is 4.41. The molecule has 1 aromatic carbocycles. The quantitative estimate of drug-likeness (QED) is 0.775. The predicted octanol–water partition coefficient (Wildman–Crippen LogP) is 2.59. The zero-order valence-corrected chi connectivity index (χ0v) is 10.3. The van der Waals surface area contributed by atoms with Crippen molar-refractivity contribution in [2.75, 3.05) is 6.54 Å². The zero-order chi connectivity index (χ0) is 12.0. The van der Waals surface area contributed by atoms with Crippen molar-refractivity contribution >= 4 is 0 Å². The Kier molecular flexibility index (Phi) is 5.50. The third-order valence-electron chi connectivity index (χ3n) is 3.16. The van der Waals surface area contributed by atoms with Gasteiger partial charge in [0.25, 0.3) is 0 Å². The first-order valence-electron chi connectivity index (χ1n) is 6.14. The van der Waals surface area contributed by atoms with Crippen molar-refractivity contribution in [2.24, 2.45) is 5.73 Å². The largest absolute Gasteiger partial charge is 0.392 e. The zero-order valence-electron chi connectivity index (χ0n) is 10.3. The van der Waals surface area contributed by atoms with Crippen LogP contribution < -0.4 is 5.73 Å². The molecule has 0 radical (unpaired) electrons. The van der Waals surface area contributed by atoms with Crippen molar-refractivity contribution in [3.05, 3.63) is 35.4 Å². The molecule has 0 bridgehead atoms. The number of hydrogen-bond donors (Lipinski definition) is 2. The van der Waals surface area contributed by atoms with Gasteiger partial charge in [-0.15, -0.1) is 0 Å². The molecule has 0 saturated carbocycles. The molecule has 1 rings (SSSR count). The summed E-state index contributed by atoms with van der Waals surface area (Å²) >= 11 is 0. The highest BCUT2D eigenvalue weighted by Crippen LogP contribution is 2.24. The third kappa shape index (κ3) is 3.32. The fourth-order valence-corrected chi connectivity index (χ4v) is 2.11. The summed E-state index contributed by atoms with van der Waals surface area (Å²) in [5.41, 5.74) is 8.19. The summed E-state index contributed by atoms with van der Waals surface area (Å²) in [4.78, 5) is 0.